The van der Waals surface area contributed by atoms with E-state index in [4.69, 9.17) is 9.72 Å². The Bertz CT molecular complexity index is 555. The van der Waals surface area contributed by atoms with E-state index in [2.05, 4.69) is 37.5 Å². The molecule has 2 rings (SSSR count). The smallest absolute Gasteiger partial charge is 0.293 e. The SMILES string of the molecule is Cc1nc(C(C)(C)C)sc1CN1CCC(CN(C)C)(OC=O)CC1. The van der Waals surface area contributed by atoms with Crippen molar-refractivity contribution in [2.75, 3.05) is 33.7 Å². The summed E-state index contributed by atoms with van der Waals surface area (Å²) in [5.74, 6) is 0. The molecule has 0 bridgehead atoms. The number of aryl methyl sites for hydroxylation is 1. The summed E-state index contributed by atoms with van der Waals surface area (Å²) in [6.07, 6.45) is 1.77. The number of hydrogen-bond acceptors (Lipinski definition) is 6. The van der Waals surface area contributed by atoms with Crippen molar-refractivity contribution >= 4 is 17.8 Å². The number of piperidine rings is 1. The molecule has 24 heavy (non-hydrogen) atoms. The van der Waals surface area contributed by atoms with Crippen molar-refractivity contribution in [2.24, 2.45) is 0 Å². The maximum absolute atomic E-state index is 10.9. The normalized spacial score (nSPS) is 18.8. The summed E-state index contributed by atoms with van der Waals surface area (Å²) in [5, 5.41) is 1.21. The monoisotopic (exact) mass is 353 g/mol. The molecule has 136 valence electrons. The van der Waals surface area contributed by atoms with Crippen LogP contribution in [0, 0.1) is 6.92 Å². The Morgan fingerprint density at radius 3 is 2.42 bits per heavy atom. The van der Waals surface area contributed by atoms with Crippen molar-refractivity contribution < 1.29 is 9.53 Å². The van der Waals surface area contributed by atoms with Crippen molar-refractivity contribution in [3.8, 4) is 0 Å². The average molecular weight is 354 g/mol. The molecule has 1 saturated heterocycles. The Kier molecular flexibility index (Phi) is 6.04. The van der Waals surface area contributed by atoms with Gasteiger partial charge in [0.1, 0.15) is 5.60 Å². The van der Waals surface area contributed by atoms with Gasteiger partial charge in [-0.1, -0.05) is 20.8 Å². The van der Waals surface area contributed by atoms with Gasteiger partial charge in [-0.2, -0.15) is 0 Å². The molecule has 0 spiro atoms. The molecule has 5 nitrogen and oxygen atoms in total. The Morgan fingerprint density at radius 2 is 1.96 bits per heavy atom. The van der Waals surface area contributed by atoms with E-state index in [1.54, 1.807) is 0 Å². The van der Waals surface area contributed by atoms with Crippen LogP contribution in [0.15, 0.2) is 0 Å². The highest BCUT2D eigenvalue weighted by atomic mass is 32.1. The van der Waals surface area contributed by atoms with E-state index in [0.29, 0.717) is 6.47 Å². The molecule has 0 aliphatic carbocycles. The highest BCUT2D eigenvalue weighted by Crippen LogP contribution is 2.32. The molecule has 0 atom stereocenters. The van der Waals surface area contributed by atoms with Gasteiger partial charge in [-0.05, 0) is 21.0 Å². The van der Waals surface area contributed by atoms with Crippen molar-refractivity contribution in [1.29, 1.82) is 0 Å². The highest BCUT2D eigenvalue weighted by molar-refractivity contribution is 7.11. The molecular weight excluding hydrogens is 322 g/mol. The largest absolute Gasteiger partial charge is 0.460 e. The van der Waals surface area contributed by atoms with Crippen LogP contribution >= 0.6 is 11.3 Å². The number of carbonyl (C=O) groups excluding carboxylic acids is 1. The lowest BCUT2D eigenvalue weighted by Gasteiger charge is -2.41. The molecule has 1 aliphatic rings. The second-order valence-corrected chi connectivity index (χ2v) is 9.27. The molecule has 0 amide bonds. The minimum absolute atomic E-state index is 0.105. The molecule has 0 unspecified atom stereocenters. The quantitative estimate of drug-likeness (QED) is 0.736. The Labute approximate surface area is 150 Å². The van der Waals surface area contributed by atoms with Crippen LogP contribution in [-0.4, -0.2) is 60.6 Å². The lowest BCUT2D eigenvalue weighted by molar-refractivity contribution is -0.151. The van der Waals surface area contributed by atoms with Crippen LogP contribution in [-0.2, 0) is 21.5 Å². The number of aromatic nitrogens is 1. The van der Waals surface area contributed by atoms with E-state index in [0.717, 1.165) is 44.7 Å². The van der Waals surface area contributed by atoms with E-state index in [1.165, 1.54) is 9.88 Å². The van der Waals surface area contributed by atoms with E-state index < -0.39 is 0 Å². The topological polar surface area (TPSA) is 45.7 Å². The highest BCUT2D eigenvalue weighted by Gasteiger charge is 2.37. The van der Waals surface area contributed by atoms with Crippen LogP contribution in [0.5, 0.6) is 0 Å². The Hall–Kier alpha value is -0.980. The first-order valence-electron chi connectivity index (χ1n) is 8.60. The van der Waals surface area contributed by atoms with Gasteiger partial charge in [0.15, 0.2) is 0 Å². The fourth-order valence-electron chi connectivity index (χ4n) is 3.21. The third-order valence-corrected chi connectivity index (χ3v) is 6.14. The van der Waals surface area contributed by atoms with Gasteiger partial charge in [-0.3, -0.25) is 9.69 Å². The average Bonchev–Trinajstić information content (AvgIpc) is 2.82. The van der Waals surface area contributed by atoms with Gasteiger partial charge >= 0.3 is 0 Å². The molecule has 1 aromatic heterocycles. The predicted molar refractivity (Wildman–Crippen MR) is 98.5 cm³/mol. The zero-order valence-corrected chi connectivity index (χ0v) is 16.7. The van der Waals surface area contributed by atoms with Crippen LogP contribution in [0.3, 0.4) is 0 Å². The molecule has 0 N–H and O–H groups in total. The maximum Gasteiger partial charge on any atom is 0.293 e. The molecule has 2 heterocycles. The lowest BCUT2D eigenvalue weighted by atomic mass is 9.90. The summed E-state index contributed by atoms with van der Waals surface area (Å²) >= 11 is 1.83. The molecular formula is C18H31N3O2S. The third-order valence-electron chi connectivity index (χ3n) is 4.57. The van der Waals surface area contributed by atoms with E-state index in [-0.39, 0.29) is 11.0 Å². The van der Waals surface area contributed by atoms with E-state index in [1.807, 2.05) is 25.4 Å². The number of hydrogen-bond donors (Lipinski definition) is 0. The summed E-state index contributed by atoms with van der Waals surface area (Å²) in [5.41, 5.74) is 0.925. The van der Waals surface area contributed by atoms with Crippen LogP contribution < -0.4 is 0 Å². The molecule has 1 aliphatic heterocycles. The first-order valence-corrected chi connectivity index (χ1v) is 9.42. The van der Waals surface area contributed by atoms with Crippen molar-refractivity contribution in [2.45, 2.75) is 58.1 Å². The molecule has 0 aromatic carbocycles. The summed E-state index contributed by atoms with van der Waals surface area (Å²) in [6.45, 7) is 13.0. The van der Waals surface area contributed by atoms with Crippen LogP contribution in [0.25, 0.3) is 0 Å². The molecule has 6 heteroatoms. The van der Waals surface area contributed by atoms with Crippen molar-refractivity contribution in [1.82, 2.24) is 14.8 Å². The van der Waals surface area contributed by atoms with Gasteiger partial charge in [-0.25, -0.2) is 4.98 Å². The summed E-state index contributed by atoms with van der Waals surface area (Å²) in [6, 6.07) is 0. The second kappa shape index (κ2) is 7.50. The van der Waals surface area contributed by atoms with E-state index in [9.17, 15) is 4.79 Å². The van der Waals surface area contributed by atoms with Crippen LogP contribution in [0.2, 0.25) is 0 Å². The zero-order valence-electron chi connectivity index (χ0n) is 15.9. The second-order valence-electron chi connectivity index (χ2n) is 8.19. The predicted octanol–water partition coefficient (Wildman–Crippen LogP) is 2.82. The first kappa shape index (κ1) is 19.3. The fourth-order valence-corrected chi connectivity index (χ4v) is 4.37. The lowest BCUT2D eigenvalue weighted by Crippen LogP contribution is -2.51. The van der Waals surface area contributed by atoms with Gasteiger partial charge in [-0.15, -0.1) is 11.3 Å². The summed E-state index contributed by atoms with van der Waals surface area (Å²) < 4.78 is 5.49. The standard InChI is InChI=1S/C18H31N3O2S/c1-14-15(24-16(19-14)17(2,3)4)11-21-9-7-18(8-10-21,23-13-22)12-20(5)6/h13H,7-12H2,1-6H3. The van der Waals surface area contributed by atoms with Crippen molar-refractivity contribution in [3.63, 3.8) is 0 Å². The number of thiazole rings is 1. The minimum atomic E-state index is -0.332. The third kappa shape index (κ3) is 4.77. The summed E-state index contributed by atoms with van der Waals surface area (Å²) in [7, 11) is 4.05. The van der Waals surface area contributed by atoms with E-state index >= 15 is 0 Å². The van der Waals surface area contributed by atoms with Gasteiger partial charge in [0.05, 0.1) is 10.7 Å². The Morgan fingerprint density at radius 1 is 1.33 bits per heavy atom. The number of nitrogens with zero attached hydrogens (tertiary/aromatic N) is 3. The number of likely N-dealkylation sites (N-methyl/N-ethyl adjacent to an activating group) is 1. The minimum Gasteiger partial charge on any atom is -0.460 e. The molecule has 0 saturated carbocycles. The number of ether oxygens (including phenoxy) is 1. The number of rotatable bonds is 6. The molecule has 1 aromatic rings. The maximum atomic E-state index is 10.9. The first-order chi connectivity index (χ1) is 11.1. The Balaban J connectivity index is 2.00. The van der Waals surface area contributed by atoms with Crippen molar-refractivity contribution in [3.05, 3.63) is 15.6 Å². The summed E-state index contributed by atoms with van der Waals surface area (Å²) in [4.78, 5) is 21.6. The van der Waals surface area contributed by atoms with Gasteiger partial charge in [0.2, 0.25) is 0 Å². The van der Waals surface area contributed by atoms with Gasteiger partial charge in [0, 0.05) is 49.3 Å². The zero-order chi connectivity index (χ0) is 18.0. The molecule has 0 radical (unpaired) electrons. The van der Waals surface area contributed by atoms with Gasteiger partial charge in [0.25, 0.3) is 6.47 Å². The molecule has 1 fully saturated rings. The van der Waals surface area contributed by atoms with Crippen LogP contribution in [0.4, 0.5) is 0 Å². The fraction of sp³-hybridized carbons (Fsp3) is 0.778. The van der Waals surface area contributed by atoms with Crippen LogP contribution in [0.1, 0.15) is 49.2 Å². The number of likely N-dealkylation sites (tertiary alicyclic amines) is 1. The van der Waals surface area contributed by atoms with Gasteiger partial charge < -0.3 is 9.64 Å². The number of carbonyl (C=O) groups is 1.